The van der Waals surface area contributed by atoms with Crippen LogP contribution in [0.5, 0.6) is 0 Å². The molecular weight excluding hydrogens is 370 g/mol. The first-order valence-corrected chi connectivity index (χ1v) is 8.92. The van der Waals surface area contributed by atoms with Crippen LogP contribution in [0.25, 0.3) is 0 Å². The third-order valence-electron chi connectivity index (χ3n) is 3.55. The van der Waals surface area contributed by atoms with Crippen molar-refractivity contribution in [2.45, 2.75) is 4.90 Å². The third-order valence-corrected chi connectivity index (χ3v) is 5.31. The number of carbonyl (C=O) groups is 2. The lowest BCUT2D eigenvalue weighted by Crippen LogP contribution is -2.24. The second-order valence-corrected chi connectivity index (χ2v) is 7.83. The summed E-state index contributed by atoms with van der Waals surface area (Å²) in [6.07, 6.45) is 1.00. The Morgan fingerprint density at radius 2 is 1.50 bits per heavy atom. The molecule has 0 radical (unpaired) electrons. The van der Waals surface area contributed by atoms with Gasteiger partial charge < -0.3 is 5.73 Å². The number of halogens is 1. The Balaban J connectivity index is 2.44. The lowest BCUT2D eigenvalue weighted by atomic mass is 9.83. The number of hydrogen-bond donors (Lipinski definition) is 1. The van der Waals surface area contributed by atoms with E-state index in [-0.39, 0.29) is 43.1 Å². The molecule has 1 aliphatic carbocycles. The van der Waals surface area contributed by atoms with Crippen molar-refractivity contribution in [3.63, 3.8) is 0 Å². The van der Waals surface area contributed by atoms with Crippen molar-refractivity contribution in [2.24, 2.45) is 0 Å². The van der Waals surface area contributed by atoms with Gasteiger partial charge in [0, 0.05) is 21.9 Å². The van der Waals surface area contributed by atoms with Gasteiger partial charge in [-0.3, -0.25) is 9.59 Å². The van der Waals surface area contributed by atoms with E-state index in [4.69, 9.17) is 5.73 Å². The molecule has 0 unspecified atom stereocenters. The minimum absolute atomic E-state index is 0.0569. The van der Waals surface area contributed by atoms with Gasteiger partial charge in [-0.05, 0) is 22.0 Å². The summed E-state index contributed by atoms with van der Waals surface area (Å²) < 4.78 is 23.9. The van der Waals surface area contributed by atoms with Crippen LogP contribution >= 0.6 is 15.9 Å². The highest BCUT2D eigenvalue weighted by Gasteiger charge is 2.35. The van der Waals surface area contributed by atoms with E-state index in [1.807, 2.05) is 0 Å². The van der Waals surface area contributed by atoms with Crippen LogP contribution in [0.2, 0.25) is 0 Å². The molecule has 7 heteroatoms. The number of rotatable bonds is 1. The van der Waals surface area contributed by atoms with Crippen LogP contribution in [0.1, 0.15) is 31.8 Å². The van der Waals surface area contributed by atoms with E-state index in [2.05, 4.69) is 15.9 Å². The summed E-state index contributed by atoms with van der Waals surface area (Å²) in [5.41, 5.74) is 6.27. The molecule has 2 aromatic rings. The first kappa shape index (κ1) is 14.9. The van der Waals surface area contributed by atoms with E-state index >= 15 is 0 Å². The zero-order chi connectivity index (χ0) is 16.2. The molecule has 2 aromatic carbocycles. The van der Waals surface area contributed by atoms with E-state index in [0.717, 1.165) is 6.26 Å². The summed E-state index contributed by atoms with van der Waals surface area (Å²) in [6.45, 7) is 0. The first-order chi connectivity index (χ1) is 10.2. The zero-order valence-corrected chi connectivity index (χ0v) is 13.8. The minimum atomic E-state index is -3.63. The van der Waals surface area contributed by atoms with Crippen molar-refractivity contribution in [1.82, 2.24) is 0 Å². The summed E-state index contributed by atoms with van der Waals surface area (Å²) >= 11 is 3.19. The number of carbonyl (C=O) groups excluding carboxylic acids is 2. The van der Waals surface area contributed by atoms with Crippen molar-refractivity contribution in [1.29, 1.82) is 0 Å². The largest absolute Gasteiger partial charge is 0.397 e. The maximum Gasteiger partial charge on any atom is 0.196 e. The Labute approximate surface area is 135 Å². The summed E-state index contributed by atoms with van der Waals surface area (Å²) in [5.74, 6) is -0.808. The molecule has 112 valence electrons. The maximum absolute atomic E-state index is 12.7. The highest BCUT2D eigenvalue weighted by molar-refractivity contribution is 9.10. The second kappa shape index (κ2) is 4.76. The fourth-order valence-corrected chi connectivity index (χ4v) is 4.15. The molecule has 0 heterocycles. The Bertz CT molecular complexity index is 964. The van der Waals surface area contributed by atoms with Gasteiger partial charge in [0.2, 0.25) is 0 Å². The highest BCUT2D eigenvalue weighted by atomic mass is 79.9. The molecule has 0 saturated heterocycles. The summed E-state index contributed by atoms with van der Waals surface area (Å²) in [7, 11) is -3.63. The molecule has 0 fully saturated rings. The summed E-state index contributed by atoms with van der Waals surface area (Å²) in [5, 5.41) is 0. The molecule has 0 amide bonds. The third kappa shape index (κ3) is 2.00. The number of fused-ring (bicyclic) bond motifs is 2. The van der Waals surface area contributed by atoms with Crippen molar-refractivity contribution in [3.05, 3.63) is 57.1 Å². The predicted octanol–water partition coefficient (Wildman–Crippen LogP) is 2.21. The van der Waals surface area contributed by atoms with Crippen LogP contribution in [-0.2, 0) is 9.84 Å². The van der Waals surface area contributed by atoms with E-state index in [9.17, 15) is 18.0 Å². The number of anilines is 1. The van der Waals surface area contributed by atoms with E-state index in [0.29, 0.717) is 0 Å². The number of nitrogen functional groups attached to an aromatic ring is 1. The van der Waals surface area contributed by atoms with Gasteiger partial charge in [-0.2, -0.15) is 0 Å². The fraction of sp³-hybridized carbons (Fsp3) is 0.0667. The Morgan fingerprint density at radius 1 is 1.00 bits per heavy atom. The molecule has 0 aliphatic heterocycles. The molecule has 0 atom stereocenters. The van der Waals surface area contributed by atoms with Gasteiger partial charge in [0.1, 0.15) is 0 Å². The number of ketones is 2. The average Bonchev–Trinajstić information content (AvgIpc) is 2.45. The zero-order valence-electron chi connectivity index (χ0n) is 11.4. The predicted molar refractivity (Wildman–Crippen MR) is 85.0 cm³/mol. The Kier molecular flexibility index (Phi) is 3.23. The smallest absolute Gasteiger partial charge is 0.196 e. The minimum Gasteiger partial charge on any atom is -0.397 e. The van der Waals surface area contributed by atoms with Crippen LogP contribution in [0, 0.1) is 0 Å². The maximum atomic E-state index is 12.7. The highest BCUT2D eigenvalue weighted by Crippen LogP contribution is 2.38. The van der Waals surface area contributed by atoms with E-state index < -0.39 is 15.6 Å². The molecule has 0 saturated carbocycles. The lowest BCUT2D eigenvalue weighted by molar-refractivity contribution is 0.0979. The molecule has 5 nitrogen and oxygen atoms in total. The Hall–Kier alpha value is -1.99. The molecule has 22 heavy (non-hydrogen) atoms. The van der Waals surface area contributed by atoms with Gasteiger partial charge in [-0.25, -0.2) is 8.42 Å². The quantitative estimate of drug-likeness (QED) is 0.654. The van der Waals surface area contributed by atoms with Crippen molar-refractivity contribution in [3.8, 4) is 0 Å². The molecule has 3 rings (SSSR count). The standard InChI is InChI=1S/C15H10BrNO4S/c1-22(20,21)10-6-9(16)11-12(13(10)17)15(19)8-5-3-2-4-7(8)14(11)18/h2-6H,17H2,1H3. The van der Waals surface area contributed by atoms with Gasteiger partial charge >= 0.3 is 0 Å². The summed E-state index contributed by atoms with van der Waals surface area (Å²) in [6, 6.07) is 7.66. The van der Waals surface area contributed by atoms with Gasteiger partial charge in [-0.15, -0.1) is 0 Å². The monoisotopic (exact) mass is 379 g/mol. The van der Waals surface area contributed by atoms with Crippen LogP contribution in [0.4, 0.5) is 5.69 Å². The average molecular weight is 380 g/mol. The lowest BCUT2D eigenvalue weighted by Gasteiger charge is -2.21. The Morgan fingerprint density at radius 3 is 2.00 bits per heavy atom. The molecular formula is C15H10BrNO4S. The van der Waals surface area contributed by atoms with Crippen LogP contribution in [-0.4, -0.2) is 26.2 Å². The molecule has 2 N–H and O–H groups in total. The second-order valence-electron chi connectivity index (χ2n) is 5.00. The summed E-state index contributed by atoms with van der Waals surface area (Å²) in [4.78, 5) is 25.1. The molecule has 0 bridgehead atoms. The number of nitrogens with two attached hydrogens (primary N) is 1. The normalized spacial score (nSPS) is 13.7. The van der Waals surface area contributed by atoms with Crippen LogP contribution in [0.3, 0.4) is 0 Å². The fourth-order valence-electron chi connectivity index (χ4n) is 2.56. The van der Waals surface area contributed by atoms with Gasteiger partial charge in [0.05, 0.1) is 21.7 Å². The van der Waals surface area contributed by atoms with Gasteiger partial charge in [0.15, 0.2) is 21.4 Å². The van der Waals surface area contributed by atoms with Crippen molar-refractivity contribution >= 4 is 43.0 Å². The van der Waals surface area contributed by atoms with Crippen LogP contribution < -0.4 is 5.73 Å². The van der Waals surface area contributed by atoms with E-state index in [1.54, 1.807) is 18.2 Å². The number of benzene rings is 2. The SMILES string of the molecule is CS(=O)(=O)c1cc(Br)c2c(c1N)C(=O)c1ccccc1C2=O. The first-order valence-electron chi connectivity index (χ1n) is 6.24. The van der Waals surface area contributed by atoms with E-state index in [1.165, 1.54) is 12.1 Å². The number of sulfone groups is 1. The van der Waals surface area contributed by atoms with Crippen LogP contribution in [0.15, 0.2) is 39.7 Å². The van der Waals surface area contributed by atoms with Gasteiger partial charge in [0.25, 0.3) is 0 Å². The van der Waals surface area contributed by atoms with Crippen molar-refractivity contribution in [2.75, 3.05) is 12.0 Å². The molecule has 0 aromatic heterocycles. The molecule has 1 aliphatic rings. The number of hydrogen-bond acceptors (Lipinski definition) is 5. The topological polar surface area (TPSA) is 94.3 Å². The van der Waals surface area contributed by atoms with Crippen molar-refractivity contribution < 1.29 is 18.0 Å². The molecule has 0 spiro atoms. The van der Waals surface area contributed by atoms with Gasteiger partial charge in [-0.1, -0.05) is 24.3 Å².